The minimum absolute atomic E-state index is 0.300. The van der Waals surface area contributed by atoms with E-state index in [0.29, 0.717) is 31.5 Å². The van der Waals surface area contributed by atoms with Crippen LogP contribution in [0.15, 0.2) is 24.3 Å². The summed E-state index contributed by atoms with van der Waals surface area (Å²) < 4.78 is 11.0. The van der Waals surface area contributed by atoms with Crippen molar-refractivity contribution >= 4 is 0 Å². The molecular weight excluding hydrogens is 214 g/mol. The van der Waals surface area contributed by atoms with Crippen LogP contribution in [-0.4, -0.2) is 19.3 Å². The van der Waals surface area contributed by atoms with Crippen molar-refractivity contribution in [3.05, 3.63) is 35.4 Å². The van der Waals surface area contributed by atoms with Gasteiger partial charge in [0, 0.05) is 0 Å². The Labute approximate surface area is 103 Å². The van der Waals surface area contributed by atoms with Crippen molar-refractivity contribution < 1.29 is 9.47 Å². The summed E-state index contributed by atoms with van der Waals surface area (Å²) in [5.74, 6) is 0. The summed E-state index contributed by atoms with van der Waals surface area (Å²) in [5, 5.41) is 8.65. The first kappa shape index (κ1) is 13.7. The highest BCUT2D eigenvalue weighted by atomic mass is 16.5. The highest BCUT2D eigenvalue weighted by Gasteiger charge is 1.98. The van der Waals surface area contributed by atoms with Crippen LogP contribution in [0.25, 0.3) is 0 Å². The summed E-state index contributed by atoms with van der Waals surface area (Å²) in [5.41, 5.74) is 1.75. The number of benzene rings is 1. The molecular formula is C14H19NO2. The van der Waals surface area contributed by atoms with Crippen molar-refractivity contribution in [2.75, 3.05) is 13.2 Å². The van der Waals surface area contributed by atoms with Gasteiger partial charge in [0.1, 0.15) is 0 Å². The van der Waals surface area contributed by atoms with Gasteiger partial charge >= 0.3 is 0 Å². The Bertz CT molecular complexity index is 353. The van der Waals surface area contributed by atoms with Crippen molar-refractivity contribution in [1.29, 1.82) is 5.26 Å². The van der Waals surface area contributed by atoms with Crippen LogP contribution in [0.2, 0.25) is 0 Å². The lowest BCUT2D eigenvalue weighted by atomic mass is 10.2. The Hall–Kier alpha value is -1.37. The smallest absolute Gasteiger partial charge is 0.0991 e. The van der Waals surface area contributed by atoms with Crippen LogP contribution in [-0.2, 0) is 16.1 Å². The molecule has 0 saturated carbocycles. The average Bonchev–Trinajstić information content (AvgIpc) is 2.38. The summed E-state index contributed by atoms with van der Waals surface area (Å²) in [6.07, 6.45) is 1.32. The number of ether oxygens (including phenoxy) is 2. The normalized spacial score (nSPS) is 12.1. The Morgan fingerprint density at radius 3 is 2.53 bits per heavy atom. The molecule has 0 bridgehead atoms. The van der Waals surface area contributed by atoms with Gasteiger partial charge in [-0.3, -0.25) is 0 Å². The van der Waals surface area contributed by atoms with E-state index in [4.69, 9.17) is 14.7 Å². The van der Waals surface area contributed by atoms with Gasteiger partial charge in [-0.2, -0.15) is 5.26 Å². The van der Waals surface area contributed by atoms with E-state index in [1.54, 1.807) is 12.1 Å². The molecule has 3 nitrogen and oxygen atoms in total. The number of hydrogen-bond donors (Lipinski definition) is 0. The van der Waals surface area contributed by atoms with E-state index in [2.05, 4.69) is 19.9 Å². The van der Waals surface area contributed by atoms with Crippen LogP contribution < -0.4 is 0 Å². The zero-order chi connectivity index (χ0) is 12.5. The van der Waals surface area contributed by atoms with Crippen LogP contribution >= 0.6 is 0 Å². The maximum absolute atomic E-state index is 8.65. The molecule has 92 valence electrons. The fourth-order valence-electron chi connectivity index (χ4n) is 1.29. The standard InChI is InChI=1S/C14H19NO2/c1-3-12(2)17-9-8-16-11-14-6-4-13(10-15)5-7-14/h4-7,12H,3,8-9,11H2,1-2H3. The van der Waals surface area contributed by atoms with Crippen LogP contribution in [0.3, 0.4) is 0 Å². The van der Waals surface area contributed by atoms with Gasteiger partial charge in [-0.15, -0.1) is 0 Å². The third kappa shape index (κ3) is 5.48. The molecule has 0 amide bonds. The van der Waals surface area contributed by atoms with Gasteiger partial charge in [0.15, 0.2) is 0 Å². The molecule has 1 atom stereocenters. The largest absolute Gasteiger partial charge is 0.376 e. The van der Waals surface area contributed by atoms with Crippen LogP contribution in [0.5, 0.6) is 0 Å². The van der Waals surface area contributed by atoms with Crippen molar-refractivity contribution in [2.45, 2.75) is 33.0 Å². The minimum Gasteiger partial charge on any atom is -0.376 e. The summed E-state index contributed by atoms with van der Waals surface area (Å²) >= 11 is 0. The van der Waals surface area contributed by atoms with Gasteiger partial charge in [0.25, 0.3) is 0 Å². The lowest BCUT2D eigenvalue weighted by molar-refractivity contribution is 0.00633. The minimum atomic E-state index is 0.300. The van der Waals surface area contributed by atoms with E-state index in [1.165, 1.54) is 0 Å². The predicted octanol–water partition coefficient (Wildman–Crippen LogP) is 2.89. The topological polar surface area (TPSA) is 42.2 Å². The van der Waals surface area contributed by atoms with Crippen LogP contribution in [0.1, 0.15) is 31.4 Å². The number of hydrogen-bond acceptors (Lipinski definition) is 3. The highest BCUT2D eigenvalue weighted by Crippen LogP contribution is 2.04. The first-order valence-electron chi connectivity index (χ1n) is 5.94. The second-order valence-corrected chi connectivity index (χ2v) is 3.95. The van der Waals surface area contributed by atoms with E-state index in [-0.39, 0.29) is 0 Å². The molecule has 1 rings (SSSR count). The summed E-state index contributed by atoms with van der Waals surface area (Å²) in [7, 11) is 0. The molecule has 1 aromatic rings. The Morgan fingerprint density at radius 1 is 1.24 bits per heavy atom. The van der Waals surface area contributed by atoms with Gasteiger partial charge in [-0.25, -0.2) is 0 Å². The molecule has 1 unspecified atom stereocenters. The molecule has 0 spiro atoms. The van der Waals surface area contributed by atoms with Gasteiger partial charge < -0.3 is 9.47 Å². The zero-order valence-electron chi connectivity index (χ0n) is 10.5. The monoisotopic (exact) mass is 233 g/mol. The number of nitriles is 1. The van der Waals surface area contributed by atoms with Gasteiger partial charge in [-0.1, -0.05) is 19.1 Å². The average molecular weight is 233 g/mol. The van der Waals surface area contributed by atoms with Gasteiger partial charge in [0.05, 0.1) is 37.6 Å². The molecule has 0 radical (unpaired) electrons. The Balaban J connectivity index is 2.16. The fraction of sp³-hybridized carbons (Fsp3) is 0.500. The Morgan fingerprint density at radius 2 is 1.94 bits per heavy atom. The lowest BCUT2D eigenvalue weighted by Gasteiger charge is -2.10. The highest BCUT2D eigenvalue weighted by molar-refractivity contribution is 5.31. The molecule has 0 saturated heterocycles. The van der Waals surface area contributed by atoms with Crippen molar-refractivity contribution in [3.8, 4) is 6.07 Å². The quantitative estimate of drug-likeness (QED) is 0.680. The Kier molecular flexibility index (Phi) is 6.31. The van der Waals surface area contributed by atoms with Crippen LogP contribution in [0.4, 0.5) is 0 Å². The number of rotatable bonds is 7. The SMILES string of the molecule is CCC(C)OCCOCc1ccc(C#N)cc1. The number of nitrogens with zero attached hydrogens (tertiary/aromatic N) is 1. The lowest BCUT2D eigenvalue weighted by Crippen LogP contribution is -2.11. The van der Waals surface area contributed by atoms with Crippen molar-refractivity contribution in [3.63, 3.8) is 0 Å². The van der Waals surface area contributed by atoms with Gasteiger partial charge in [0.2, 0.25) is 0 Å². The van der Waals surface area contributed by atoms with E-state index in [1.807, 2.05) is 12.1 Å². The summed E-state index contributed by atoms with van der Waals surface area (Å²) in [6.45, 7) is 5.95. The van der Waals surface area contributed by atoms with E-state index >= 15 is 0 Å². The molecule has 3 heteroatoms. The third-order valence-corrected chi connectivity index (χ3v) is 2.56. The molecule has 1 aromatic carbocycles. The molecule has 0 aliphatic heterocycles. The summed E-state index contributed by atoms with van der Waals surface area (Å²) in [6, 6.07) is 9.51. The first-order chi connectivity index (χ1) is 8.26. The molecule has 17 heavy (non-hydrogen) atoms. The van der Waals surface area contributed by atoms with E-state index in [9.17, 15) is 0 Å². The predicted molar refractivity (Wildman–Crippen MR) is 66.5 cm³/mol. The second-order valence-electron chi connectivity index (χ2n) is 3.95. The molecule has 0 aromatic heterocycles. The second kappa shape index (κ2) is 7.83. The molecule has 0 aliphatic carbocycles. The maximum Gasteiger partial charge on any atom is 0.0991 e. The van der Waals surface area contributed by atoms with Crippen LogP contribution in [0, 0.1) is 11.3 Å². The van der Waals surface area contributed by atoms with Gasteiger partial charge in [-0.05, 0) is 31.0 Å². The summed E-state index contributed by atoms with van der Waals surface area (Å²) in [4.78, 5) is 0. The van der Waals surface area contributed by atoms with E-state index < -0.39 is 0 Å². The zero-order valence-corrected chi connectivity index (χ0v) is 10.5. The molecule has 0 N–H and O–H groups in total. The van der Waals surface area contributed by atoms with Crippen molar-refractivity contribution in [2.24, 2.45) is 0 Å². The van der Waals surface area contributed by atoms with E-state index in [0.717, 1.165) is 12.0 Å². The molecule has 0 fully saturated rings. The first-order valence-corrected chi connectivity index (χ1v) is 5.94. The third-order valence-electron chi connectivity index (χ3n) is 2.56. The fourth-order valence-corrected chi connectivity index (χ4v) is 1.29. The maximum atomic E-state index is 8.65. The van der Waals surface area contributed by atoms with Crippen molar-refractivity contribution in [1.82, 2.24) is 0 Å². The molecule has 0 aliphatic rings. The molecule has 0 heterocycles.